The molecule has 0 bridgehead atoms. The normalized spacial score (nSPS) is 17.0. The van der Waals surface area contributed by atoms with E-state index in [0.29, 0.717) is 5.41 Å². The minimum Gasteiger partial charge on any atom is -0.317 e. The molecule has 2 nitrogen and oxygen atoms in total. The van der Waals surface area contributed by atoms with Crippen LogP contribution >= 0.6 is 0 Å². The summed E-state index contributed by atoms with van der Waals surface area (Å²) in [5, 5.41) is 6.96. The molecule has 1 fully saturated rings. The third kappa shape index (κ3) is 3.55. The van der Waals surface area contributed by atoms with Gasteiger partial charge in [-0.3, -0.25) is 0 Å². The van der Waals surface area contributed by atoms with Gasteiger partial charge >= 0.3 is 0 Å². The van der Waals surface area contributed by atoms with Gasteiger partial charge < -0.3 is 10.6 Å². The fourth-order valence-electron chi connectivity index (χ4n) is 2.35. The lowest BCUT2D eigenvalue weighted by Crippen LogP contribution is -2.29. The van der Waals surface area contributed by atoms with Gasteiger partial charge in [-0.25, -0.2) is 0 Å². The Balaban J connectivity index is 1.69. The molecule has 0 amide bonds. The fourth-order valence-corrected chi connectivity index (χ4v) is 2.35. The molecule has 1 aliphatic carbocycles. The average molecular weight is 232 g/mol. The second-order valence-electron chi connectivity index (χ2n) is 5.03. The minimum absolute atomic E-state index is 0.458. The van der Waals surface area contributed by atoms with E-state index in [0.717, 1.165) is 26.2 Å². The van der Waals surface area contributed by atoms with Gasteiger partial charge in [0.2, 0.25) is 0 Å². The Morgan fingerprint density at radius 2 is 1.76 bits per heavy atom. The van der Waals surface area contributed by atoms with E-state index in [1.54, 1.807) is 0 Å². The molecular formula is C15H24N2. The van der Waals surface area contributed by atoms with E-state index in [1.165, 1.54) is 24.8 Å². The van der Waals surface area contributed by atoms with Crippen LogP contribution < -0.4 is 10.6 Å². The lowest BCUT2D eigenvalue weighted by molar-refractivity contribution is 0.549. The molecule has 2 heteroatoms. The topological polar surface area (TPSA) is 24.1 Å². The van der Waals surface area contributed by atoms with Gasteiger partial charge in [-0.2, -0.15) is 0 Å². The number of benzene rings is 1. The minimum atomic E-state index is 0.458. The predicted molar refractivity (Wildman–Crippen MR) is 73.4 cm³/mol. The van der Waals surface area contributed by atoms with Crippen LogP contribution in [0.3, 0.4) is 0 Å². The molecule has 1 aromatic carbocycles. The fraction of sp³-hybridized carbons (Fsp3) is 0.600. The van der Waals surface area contributed by atoms with Gasteiger partial charge in [0.1, 0.15) is 0 Å². The van der Waals surface area contributed by atoms with E-state index < -0.39 is 0 Å². The molecule has 0 unspecified atom stereocenters. The first kappa shape index (κ1) is 12.6. The van der Waals surface area contributed by atoms with Gasteiger partial charge in [-0.1, -0.05) is 37.3 Å². The highest BCUT2D eigenvalue weighted by atomic mass is 14.9. The van der Waals surface area contributed by atoms with E-state index >= 15 is 0 Å². The van der Waals surface area contributed by atoms with Crippen molar-refractivity contribution in [3.63, 3.8) is 0 Å². The van der Waals surface area contributed by atoms with Crippen molar-refractivity contribution in [2.24, 2.45) is 0 Å². The molecule has 94 valence electrons. The van der Waals surface area contributed by atoms with Crippen molar-refractivity contribution in [1.82, 2.24) is 10.6 Å². The van der Waals surface area contributed by atoms with E-state index in [2.05, 4.69) is 47.9 Å². The lowest BCUT2D eigenvalue weighted by Gasteiger charge is -2.16. The molecule has 1 saturated carbocycles. The lowest BCUT2D eigenvalue weighted by atomic mass is 9.96. The van der Waals surface area contributed by atoms with Gasteiger partial charge in [0.25, 0.3) is 0 Å². The van der Waals surface area contributed by atoms with Crippen LogP contribution in [0.5, 0.6) is 0 Å². The first-order valence-electron chi connectivity index (χ1n) is 6.84. The molecule has 0 heterocycles. The summed E-state index contributed by atoms with van der Waals surface area (Å²) in [5.41, 5.74) is 1.97. The zero-order chi connectivity index (χ0) is 12.0. The van der Waals surface area contributed by atoms with E-state index in [1.807, 2.05) is 0 Å². The number of rotatable bonds is 8. The van der Waals surface area contributed by atoms with E-state index in [4.69, 9.17) is 0 Å². The maximum atomic E-state index is 3.61. The van der Waals surface area contributed by atoms with Gasteiger partial charge in [-0.15, -0.1) is 0 Å². The Morgan fingerprint density at radius 1 is 1.06 bits per heavy atom. The third-order valence-corrected chi connectivity index (χ3v) is 3.66. The van der Waals surface area contributed by atoms with Crippen LogP contribution in [0.2, 0.25) is 0 Å². The van der Waals surface area contributed by atoms with Crippen molar-refractivity contribution in [2.75, 3.05) is 26.2 Å². The quantitative estimate of drug-likeness (QED) is 0.672. The standard InChI is InChI=1S/C15H24N2/c1-2-16-11-6-12-17-13-15(9-10-15)14-7-4-3-5-8-14/h3-5,7-8,16-17H,2,6,9-13H2,1H3. The van der Waals surface area contributed by atoms with E-state index in [9.17, 15) is 0 Å². The predicted octanol–water partition coefficient (Wildman–Crippen LogP) is 2.31. The third-order valence-electron chi connectivity index (χ3n) is 3.66. The maximum Gasteiger partial charge on any atom is 0.00784 e. The van der Waals surface area contributed by atoms with Crippen LogP contribution in [0.4, 0.5) is 0 Å². The molecule has 0 aromatic heterocycles. The summed E-state index contributed by atoms with van der Waals surface area (Å²) >= 11 is 0. The van der Waals surface area contributed by atoms with Gasteiger partial charge in [0.05, 0.1) is 0 Å². The van der Waals surface area contributed by atoms with Crippen LogP contribution in [-0.4, -0.2) is 26.2 Å². The van der Waals surface area contributed by atoms with Crippen LogP contribution in [0.1, 0.15) is 31.7 Å². The second-order valence-corrected chi connectivity index (χ2v) is 5.03. The number of hydrogen-bond acceptors (Lipinski definition) is 2. The average Bonchev–Trinajstić information content (AvgIpc) is 3.16. The summed E-state index contributed by atoms with van der Waals surface area (Å²) in [7, 11) is 0. The molecule has 0 atom stereocenters. The van der Waals surface area contributed by atoms with E-state index in [-0.39, 0.29) is 0 Å². The summed E-state index contributed by atoms with van der Waals surface area (Å²) in [5.74, 6) is 0. The zero-order valence-corrected chi connectivity index (χ0v) is 10.8. The van der Waals surface area contributed by atoms with Gasteiger partial charge in [0.15, 0.2) is 0 Å². The first-order valence-corrected chi connectivity index (χ1v) is 6.84. The summed E-state index contributed by atoms with van der Waals surface area (Å²) in [4.78, 5) is 0. The Kier molecular flexibility index (Phi) is 4.57. The van der Waals surface area contributed by atoms with Crippen molar-refractivity contribution in [1.29, 1.82) is 0 Å². The maximum absolute atomic E-state index is 3.61. The molecule has 0 radical (unpaired) electrons. The number of nitrogens with one attached hydrogen (secondary N) is 2. The Labute approximate surface area is 105 Å². The Bertz CT molecular complexity index is 317. The molecule has 1 aromatic rings. The largest absolute Gasteiger partial charge is 0.317 e. The highest BCUT2D eigenvalue weighted by Gasteiger charge is 2.43. The molecule has 2 rings (SSSR count). The second kappa shape index (κ2) is 6.18. The summed E-state index contributed by atoms with van der Waals surface area (Å²) < 4.78 is 0. The molecular weight excluding hydrogens is 208 g/mol. The van der Waals surface area contributed by atoms with Crippen molar-refractivity contribution >= 4 is 0 Å². The Morgan fingerprint density at radius 3 is 2.41 bits per heavy atom. The highest BCUT2D eigenvalue weighted by molar-refractivity contribution is 5.31. The highest BCUT2D eigenvalue weighted by Crippen LogP contribution is 2.47. The molecule has 1 aliphatic rings. The molecule has 0 saturated heterocycles. The van der Waals surface area contributed by atoms with Crippen molar-refractivity contribution in [3.8, 4) is 0 Å². The summed E-state index contributed by atoms with van der Waals surface area (Å²) in [6, 6.07) is 10.9. The van der Waals surface area contributed by atoms with Gasteiger partial charge in [-0.05, 0) is 44.5 Å². The van der Waals surface area contributed by atoms with Crippen molar-refractivity contribution in [2.45, 2.75) is 31.6 Å². The van der Waals surface area contributed by atoms with Crippen molar-refractivity contribution < 1.29 is 0 Å². The molecule has 0 aliphatic heterocycles. The van der Waals surface area contributed by atoms with Crippen LogP contribution in [-0.2, 0) is 5.41 Å². The SMILES string of the molecule is CCNCCCNCC1(c2ccccc2)CC1. The van der Waals surface area contributed by atoms with Crippen molar-refractivity contribution in [3.05, 3.63) is 35.9 Å². The first-order chi connectivity index (χ1) is 8.37. The van der Waals surface area contributed by atoms with Crippen LogP contribution in [0, 0.1) is 0 Å². The molecule has 0 spiro atoms. The van der Waals surface area contributed by atoms with Crippen LogP contribution in [0.15, 0.2) is 30.3 Å². The summed E-state index contributed by atoms with van der Waals surface area (Å²) in [6.07, 6.45) is 3.91. The van der Waals surface area contributed by atoms with Crippen LogP contribution in [0.25, 0.3) is 0 Å². The summed E-state index contributed by atoms with van der Waals surface area (Å²) in [6.45, 7) is 6.63. The molecule has 2 N–H and O–H groups in total. The smallest absolute Gasteiger partial charge is 0.00784 e. The zero-order valence-electron chi connectivity index (χ0n) is 10.8. The van der Waals surface area contributed by atoms with Gasteiger partial charge in [0, 0.05) is 12.0 Å². The molecule has 17 heavy (non-hydrogen) atoms. The monoisotopic (exact) mass is 232 g/mol. The Hall–Kier alpha value is -0.860. The number of hydrogen-bond donors (Lipinski definition) is 2.